The maximum atomic E-state index is 12.5. The van der Waals surface area contributed by atoms with Crippen LogP contribution in [0.25, 0.3) is 0 Å². The van der Waals surface area contributed by atoms with Gasteiger partial charge in [0.15, 0.2) is 0 Å². The zero-order chi connectivity index (χ0) is 20.9. The molecule has 0 bridgehead atoms. The summed E-state index contributed by atoms with van der Waals surface area (Å²) in [5.41, 5.74) is 2.16. The molecular weight excluding hydrogens is 372 g/mol. The molecule has 0 spiro atoms. The number of benzene rings is 1. The molecule has 0 atom stereocenters. The van der Waals surface area contributed by atoms with Gasteiger partial charge in [-0.15, -0.1) is 13.2 Å². The molecule has 1 aromatic carbocycles. The summed E-state index contributed by atoms with van der Waals surface area (Å²) < 4.78 is 55.3. The highest BCUT2D eigenvalue weighted by molar-refractivity contribution is 6.63. The van der Waals surface area contributed by atoms with Crippen LogP contribution >= 0.6 is 0 Å². The first-order valence-electron chi connectivity index (χ1n) is 9.03. The summed E-state index contributed by atoms with van der Waals surface area (Å²) in [4.78, 5) is 0. The Bertz CT molecular complexity index is 862. The van der Waals surface area contributed by atoms with Gasteiger partial charge in [0.25, 0.3) is 0 Å². The summed E-state index contributed by atoms with van der Waals surface area (Å²) in [5, 5.41) is 4.54. The van der Waals surface area contributed by atoms with Gasteiger partial charge in [0, 0.05) is 11.2 Å². The molecule has 3 rings (SSSR count). The van der Waals surface area contributed by atoms with Crippen LogP contribution in [0.4, 0.5) is 13.2 Å². The number of aryl methyl sites for hydroxylation is 1. The molecule has 1 aliphatic heterocycles. The fourth-order valence-corrected chi connectivity index (χ4v) is 3.18. The number of ether oxygens (including phenoxy) is 1. The highest BCUT2D eigenvalue weighted by atomic mass is 19.4. The van der Waals surface area contributed by atoms with Crippen LogP contribution in [-0.4, -0.2) is 34.5 Å². The van der Waals surface area contributed by atoms with Gasteiger partial charge in [0.1, 0.15) is 5.75 Å². The second-order valence-corrected chi connectivity index (χ2v) is 8.03. The van der Waals surface area contributed by atoms with Gasteiger partial charge in [0.2, 0.25) is 0 Å². The summed E-state index contributed by atoms with van der Waals surface area (Å²) in [6.07, 6.45) is -4.72. The lowest BCUT2D eigenvalue weighted by atomic mass is 9.77. The van der Waals surface area contributed by atoms with Crippen LogP contribution in [0.5, 0.6) is 5.75 Å². The quantitative estimate of drug-likeness (QED) is 0.739. The van der Waals surface area contributed by atoms with E-state index in [9.17, 15) is 13.2 Å². The Balaban J connectivity index is 1.85. The topological polar surface area (TPSA) is 45.5 Å². The van der Waals surface area contributed by atoms with Crippen molar-refractivity contribution in [1.82, 2.24) is 9.78 Å². The first-order valence-corrected chi connectivity index (χ1v) is 9.03. The molecule has 152 valence electrons. The summed E-state index contributed by atoms with van der Waals surface area (Å²) in [6.45, 7) is 12.0. The summed E-state index contributed by atoms with van der Waals surface area (Å²) >= 11 is 0. The largest absolute Gasteiger partial charge is 0.573 e. The van der Waals surface area contributed by atoms with Gasteiger partial charge in [-0.05, 0) is 59.2 Å². The van der Waals surface area contributed by atoms with E-state index >= 15 is 0 Å². The predicted molar refractivity (Wildman–Crippen MR) is 99.6 cm³/mol. The standard InChI is InChI=1S/C19H24BF3N2O3/c1-12-16(20-27-17(3,4)18(5,6)28-20)13(2)25(24-12)11-14-8-7-9-15(10-14)26-19(21,22)23/h7-10H,11H2,1-6H3. The van der Waals surface area contributed by atoms with Crippen molar-refractivity contribution in [3.05, 3.63) is 41.2 Å². The molecule has 0 unspecified atom stereocenters. The van der Waals surface area contributed by atoms with Crippen LogP contribution in [0.3, 0.4) is 0 Å². The van der Waals surface area contributed by atoms with Crippen molar-refractivity contribution in [3.63, 3.8) is 0 Å². The van der Waals surface area contributed by atoms with Gasteiger partial charge in [-0.25, -0.2) is 0 Å². The highest BCUT2D eigenvalue weighted by Gasteiger charge is 2.53. The van der Waals surface area contributed by atoms with Gasteiger partial charge in [-0.3, -0.25) is 4.68 Å². The molecule has 2 aromatic rings. The number of hydrogen-bond acceptors (Lipinski definition) is 4. The average Bonchev–Trinajstić information content (AvgIpc) is 2.89. The van der Waals surface area contributed by atoms with Gasteiger partial charge in [-0.1, -0.05) is 12.1 Å². The molecule has 0 amide bonds. The van der Waals surface area contributed by atoms with E-state index in [4.69, 9.17) is 9.31 Å². The fourth-order valence-electron chi connectivity index (χ4n) is 3.18. The number of alkyl halides is 3. The maximum absolute atomic E-state index is 12.5. The van der Waals surface area contributed by atoms with Crippen LogP contribution < -0.4 is 10.2 Å². The Morgan fingerprint density at radius 2 is 1.71 bits per heavy atom. The molecule has 1 fully saturated rings. The second-order valence-electron chi connectivity index (χ2n) is 8.03. The van der Waals surface area contributed by atoms with E-state index in [2.05, 4.69) is 9.84 Å². The van der Waals surface area contributed by atoms with Crippen LogP contribution in [0, 0.1) is 13.8 Å². The van der Waals surface area contributed by atoms with E-state index in [0.29, 0.717) is 12.1 Å². The van der Waals surface area contributed by atoms with Gasteiger partial charge >= 0.3 is 13.5 Å². The molecule has 2 heterocycles. The zero-order valence-electron chi connectivity index (χ0n) is 16.8. The minimum absolute atomic E-state index is 0.252. The Labute approximate surface area is 162 Å². The molecule has 1 saturated heterocycles. The number of hydrogen-bond donors (Lipinski definition) is 0. The molecule has 1 aromatic heterocycles. The normalized spacial score (nSPS) is 18.5. The third-order valence-electron chi connectivity index (χ3n) is 5.39. The zero-order valence-corrected chi connectivity index (χ0v) is 16.8. The Morgan fingerprint density at radius 1 is 1.11 bits per heavy atom. The van der Waals surface area contributed by atoms with Gasteiger partial charge in [-0.2, -0.15) is 5.10 Å². The fraction of sp³-hybridized carbons (Fsp3) is 0.526. The Hall–Kier alpha value is -2.00. The predicted octanol–water partition coefficient (Wildman–Crippen LogP) is 3.75. The van der Waals surface area contributed by atoms with Gasteiger partial charge < -0.3 is 14.0 Å². The van der Waals surface area contributed by atoms with Gasteiger partial charge in [0.05, 0.1) is 23.4 Å². The molecule has 0 aliphatic carbocycles. The third kappa shape index (κ3) is 4.05. The highest BCUT2D eigenvalue weighted by Crippen LogP contribution is 2.37. The number of halogens is 3. The van der Waals surface area contributed by atoms with Crippen LogP contribution in [0.2, 0.25) is 0 Å². The third-order valence-corrected chi connectivity index (χ3v) is 5.39. The van der Waals surface area contributed by atoms with Crippen LogP contribution in [-0.2, 0) is 15.9 Å². The summed E-state index contributed by atoms with van der Waals surface area (Å²) in [5.74, 6) is -0.252. The maximum Gasteiger partial charge on any atom is 0.573 e. The molecule has 28 heavy (non-hydrogen) atoms. The smallest absolute Gasteiger partial charge is 0.406 e. The van der Waals surface area contributed by atoms with Crippen molar-refractivity contribution in [3.8, 4) is 5.75 Å². The molecular formula is C19H24BF3N2O3. The Morgan fingerprint density at radius 3 is 2.29 bits per heavy atom. The first-order chi connectivity index (χ1) is 12.8. The lowest BCUT2D eigenvalue weighted by Crippen LogP contribution is -2.41. The minimum atomic E-state index is -4.72. The number of rotatable bonds is 4. The lowest BCUT2D eigenvalue weighted by Gasteiger charge is -2.32. The SMILES string of the molecule is Cc1nn(Cc2cccc(OC(F)(F)F)c2)c(C)c1B1OC(C)(C)C(C)(C)O1. The van der Waals surface area contributed by atoms with E-state index in [-0.39, 0.29) is 5.75 Å². The van der Waals surface area contributed by atoms with E-state index in [0.717, 1.165) is 16.9 Å². The van der Waals surface area contributed by atoms with E-state index in [1.54, 1.807) is 10.7 Å². The van der Waals surface area contributed by atoms with Crippen LogP contribution in [0.15, 0.2) is 24.3 Å². The second kappa shape index (κ2) is 6.81. The molecule has 1 aliphatic rings. The van der Waals surface area contributed by atoms with E-state index in [1.165, 1.54) is 18.2 Å². The molecule has 0 radical (unpaired) electrons. The van der Waals surface area contributed by atoms with E-state index in [1.807, 2.05) is 41.5 Å². The van der Waals surface area contributed by atoms with Crippen molar-refractivity contribution in [1.29, 1.82) is 0 Å². The molecule has 0 saturated carbocycles. The average molecular weight is 396 g/mol. The number of aromatic nitrogens is 2. The molecule has 5 nitrogen and oxygen atoms in total. The molecule has 9 heteroatoms. The molecule has 0 N–H and O–H groups in total. The first kappa shape index (κ1) is 20.7. The van der Waals surface area contributed by atoms with Crippen molar-refractivity contribution in [2.24, 2.45) is 0 Å². The lowest BCUT2D eigenvalue weighted by molar-refractivity contribution is -0.274. The number of nitrogens with zero attached hydrogens (tertiary/aromatic N) is 2. The van der Waals surface area contributed by atoms with Crippen molar-refractivity contribution >= 4 is 12.6 Å². The Kier molecular flexibility index (Phi) is 5.04. The van der Waals surface area contributed by atoms with Crippen molar-refractivity contribution in [2.75, 3.05) is 0 Å². The minimum Gasteiger partial charge on any atom is -0.406 e. The summed E-state index contributed by atoms with van der Waals surface area (Å²) in [6, 6.07) is 5.89. The van der Waals surface area contributed by atoms with Crippen molar-refractivity contribution < 1.29 is 27.2 Å². The van der Waals surface area contributed by atoms with Crippen LogP contribution in [0.1, 0.15) is 44.6 Å². The van der Waals surface area contributed by atoms with E-state index < -0.39 is 24.7 Å². The van der Waals surface area contributed by atoms with Crippen molar-refractivity contribution in [2.45, 2.75) is 65.7 Å². The monoisotopic (exact) mass is 396 g/mol. The summed E-state index contributed by atoms with van der Waals surface area (Å²) in [7, 11) is -0.543.